The van der Waals surface area contributed by atoms with Crippen LogP contribution in [0, 0.1) is 11.3 Å². The van der Waals surface area contributed by atoms with Gasteiger partial charge in [-0.2, -0.15) is 5.26 Å². The van der Waals surface area contributed by atoms with Gasteiger partial charge < -0.3 is 5.32 Å². The van der Waals surface area contributed by atoms with Crippen LogP contribution in [0.4, 0.5) is 5.13 Å². The van der Waals surface area contributed by atoms with Gasteiger partial charge in [0.15, 0.2) is 4.34 Å². The van der Waals surface area contributed by atoms with Gasteiger partial charge in [-0.1, -0.05) is 61.4 Å². The summed E-state index contributed by atoms with van der Waals surface area (Å²) in [7, 11) is 0. The Bertz CT molecular complexity index is 709. The van der Waals surface area contributed by atoms with E-state index in [-0.39, 0.29) is 5.91 Å². The van der Waals surface area contributed by atoms with E-state index in [1.807, 2.05) is 18.2 Å². The molecule has 1 heterocycles. The summed E-state index contributed by atoms with van der Waals surface area (Å²) in [5, 5.41) is 20.4. The first-order valence-electron chi connectivity index (χ1n) is 7.96. The number of nitrogens with zero attached hydrogens (tertiary/aromatic N) is 3. The maximum absolute atomic E-state index is 11.8. The highest BCUT2D eigenvalue weighted by Gasteiger charge is 2.09. The van der Waals surface area contributed by atoms with Gasteiger partial charge in [-0.25, -0.2) is 0 Å². The molecule has 0 atom stereocenters. The Morgan fingerprint density at radius 1 is 1.33 bits per heavy atom. The molecule has 0 saturated heterocycles. The highest BCUT2D eigenvalue weighted by atomic mass is 32.2. The van der Waals surface area contributed by atoms with E-state index in [0.29, 0.717) is 17.1 Å². The fraction of sp³-hybridized carbons (Fsp3) is 0.412. The molecule has 1 amide bonds. The molecule has 1 N–H and O–H groups in total. The third-order valence-corrected chi connectivity index (χ3v) is 5.37. The van der Waals surface area contributed by atoms with Crippen LogP contribution in [0.5, 0.6) is 0 Å². The fourth-order valence-corrected chi connectivity index (χ4v) is 3.80. The van der Waals surface area contributed by atoms with E-state index in [0.717, 1.165) is 34.9 Å². The van der Waals surface area contributed by atoms with Gasteiger partial charge in [0.1, 0.15) is 0 Å². The maximum atomic E-state index is 11.8. The molecular weight excluding hydrogens is 340 g/mol. The van der Waals surface area contributed by atoms with Crippen molar-refractivity contribution in [3.05, 3.63) is 35.4 Å². The van der Waals surface area contributed by atoms with Gasteiger partial charge in [-0.15, -0.1) is 10.2 Å². The summed E-state index contributed by atoms with van der Waals surface area (Å²) in [6, 6.07) is 9.64. The number of hydrogen-bond donors (Lipinski definition) is 1. The van der Waals surface area contributed by atoms with Crippen molar-refractivity contribution in [2.75, 3.05) is 5.32 Å². The van der Waals surface area contributed by atoms with Crippen molar-refractivity contribution in [2.24, 2.45) is 0 Å². The molecule has 2 aromatic rings. The standard InChI is InChI=1S/C17H20N4OS2/c1-2-3-4-5-9-15(22)19-16-20-21-17(24-16)23-12-14-8-6-7-13(10-14)11-18/h6-8,10H,2-5,9,12H2,1H3,(H,19,20,22). The molecule has 0 unspecified atom stereocenters. The van der Waals surface area contributed by atoms with Crippen LogP contribution in [0.1, 0.15) is 50.2 Å². The SMILES string of the molecule is CCCCCCC(=O)Nc1nnc(SCc2cccc(C#N)c2)s1. The van der Waals surface area contributed by atoms with Gasteiger partial charge in [0.05, 0.1) is 11.6 Å². The van der Waals surface area contributed by atoms with Crippen molar-refractivity contribution >= 4 is 34.1 Å². The van der Waals surface area contributed by atoms with Gasteiger partial charge in [0, 0.05) is 12.2 Å². The lowest BCUT2D eigenvalue weighted by Crippen LogP contribution is -2.10. The number of benzene rings is 1. The molecule has 0 spiro atoms. The Morgan fingerprint density at radius 3 is 3.00 bits per heavy atom. The largest absolute Gasteiger partial charge is 0.301 e. The third kappa shape index (κ3) is 6.30. The molecule has 7 heteroatoms. The van der Waals surface area contributed by atoms with Crippen LogP contribution in [-0.2, 0) is 10.5 Å². The van der Waals surface area contributed by atoms with Gasteiger partial charge in [-0.3, -0.25) is 4.79 Å². The first-order valence-corrected chi connectivity index (χ1v) is 9.76. The molecule has 0 aliphatic carbocycles. The van der Waals surface area contributed by atoms with Crippen molar-refractivity contribution < 1.29 is 4.79 Å². The van der Waals surface area contributed by atoms with Crippen LogP contribution in [0.2, 0.25) is 0 Å². The summed E-state index contributed by atoms with van der Waals surface area (Å²) in [5.41, 5.74) is 1.72. The number of unbranched alkanes of at least 4 members (excludes halogenated alkanes) is 3. The maximum Gasteiger partial charge on any atom is 0.226 e. The van der Waals surface area contributed by atoms with Gasteiger partial charge in [-0.05, 0) is 24.1 Å². The minimum atomic E-state index is 0.000486. The number of carbonyl (C=O) groups is 1. The third-order valence-electron chi connectivity index (χ3n) is 3.33. The molecule has 0 aliphatic heterocycles. The van der Waals surface area contributed by atoms with Gasteiger partial charge >= 0.3 is 0 Å². The minimum Gasteiger partial charge on any atom is -0.301 e. The average Bonchev–Trinajstić information content (AvgIpc) is 3.04. The number of amides is 1. The van der Waals surface area contributed by atoms with Crippen molar-refractivity contribution in [1.82, 2.24) is 10.2 Å². The van der Waals surface area contributed by atoms with E-state index in [9.17, 15) is 4.79 Å². The Morgan fingerprint density at radius 2 is 2.21 bits per heavy atom. The van der Waals surface area contributed by atoms with Crippen molar-refractivity contribution in [2.45, 2.75) is 49.1 Å². The molecule has 5 nitrogen and oxygen atoms in total. The molecule has 24 heavy (non-hydrogen) atoms. The smallest absolute Gasteiger partial charge is 0.226 e. The van der Waals surface area contributed by atoms with E-state index in [2.05, 4.69) is 28.5 Å². The number of aromatic nitrogens is 2. The molecular formula is C17H20N4OS2. The second kappa shape index (κ2) is 10.1. The number of nitriles is 1. The molecule has 0 aliphatic rings. The second-order valence-corrected chi connectivity index (χ2v) is 7.53. The molecule has 0 radical (unpaired) electrons. The van der Waals surface area contributed by atoms with E-state index in [4.69, 9.17) is 5.26 Å². The lowest BCUT2D eigenvalue weighted by molar-refractivity contribution is -0.116. The van der Waals surface area contributed by atoms with Gasteiger partial charge in [0.2, 0.25) is 11.0 Å². The Labute approximate surface area is 150 Å². The topological polar surface area (TPSA) is 78.7 Å². The van der Waals surface area contributed by atoms with Crippen molar-refractivity contribution in [1.29, 1.82) is 5.26 Å². The number of nitrogens with one attached hydrogen (secondary N) is 1. The number of anilines is 1. The fourth-order valence-electron chi connectivity index (χ4n) is 2.09. The molecule has 1 aromatic heterocycles. The van der Waals surface area contributed by atoms with Crippen molar-refractivity contribution in [3.8, 4) is 6.07 Å². The average molecular weight is 361 g/mol. The molecule has 2 rings (SSSR count). The predicted molar refractivity (Wildman–Crippen MR) is 98.0 cm³/mol. The Balaban J connectivity index is 1.78. The summed E-state index contributed by atoms with van der Waals surface area (Å²) in [6.45, 7) is 2.15. The normalized spacial score (nSPS) is 10.3. The number of rotatable bonds is 9. The first-order chi connectivity index (χ1) is 11.7. The van der Waals surface area contributed by atoms with E-state index in [1.165, 1.54) is 17.8 Å². The molecule has 0 bridgehead atoms. The molecule has 126 valence electrons. The van der Waals surface area contributed by atoms with Crippen LogP contribution in [0.25, 0.3) is 0 Å². The summed E-state index contributed by atoms with van der Waals surface area (Å²) in [6.07, 6.45) is 4.86. The van der Waals surface area contributed by atoms with Crippen LogP contribution in [-0.4, -0.2) is 16.1 Å². The number of carbonyl (C=O) groups excluding carboxylic acids is 1. The Kier molecular flexibility index (Phi) is 7.72. The van der Waals surface area contributed by atoms with Crippen LogP contribution >= 0.6 is 23.1 Å². The predicted octanol–water partition coefficient (Wildman–Crippen LogP) is 4.61. The summed E-state index contributed by atoms with van der Waals surface area (Å²) < 4.78 is 0.804. The highest BCUT2D eigenvalue weighted by molar-refractivity contribution is 8.00. The summed E-state index contributed by atoms with van der Waals surface area (Å²) in [5.74, 6) is 0.718. The second-order valence-electron chi connectivity index (χ2n) is 5.33. The minimum absolute atomic E-state index is 0.000486. The molecule has 0 saturated carbocycles. The lowest BCUT2D eigenvalue weighted by Gasteiger charge is -2.00. The summed E-state index contributed by atoms with van der Waals surface area (Å²) >= 11 is 2.93. The van der Waals surface area contributed by atoms with E-state index < -0.39 is 0 Å². The van der Waals surface area contributed by atoms with Gasteiger partial charge in [0.25, 0.3) is 0 Å². The van der Waals surface area contributed by atoms with E-state index >= 15 is 0 Å². The quantitative estimate of drug-likeness (QED) is 0.401. The van der Waals surface area contributed by atoms with Crippen LogP contribution < -0.4 is 5.32 Å². The monoisotopic (exact) mass is 360 g/mol. The first kappa shape index (κ1) is 18.4. The van der Waals surface area contributed by atoms with Crippen LogP contribution in [0.15, 0.2) is 28.6 Å². The highest BCUT2D eigenvalue weighted by Crippen LogP contribution is 2.28. The van der Waals surface area contributed by atoms with E-state index in [1.54, 1.807) is 17.8 Å². The molecule has 1 aromatic carbocycles. The zero-order valence-electron chi connectivity index (χ0n) is 13.6. The zero-order valence-corrected chi connectivity index (χ0v) is 15.3. The van der Waals surface area contributed by atoms with Crippen molar-refractivity contribution in [3.63, 3.8) is 0 Å². The molecule has 0 fully saturated rings. The lowest BCUT2D eigenvalue weighted by atomic mass is 10.1. The summed E-state index contributed by atoms with van der Waals surface area (Å²) in [4.78, 5) is 11.8. The van der Waals surface area contributed by atoms with Crippen LogP contribution in [0.3, 0.4) is 0 Å². The Hall–Kier alpha value is -1.91. The zero-order chi connectivity index (χ0) is 17.2. The number of thioether (sulfide) groups is 1. The number of hydrogen-bond acceptors (Lipinski definition) is 6.